The highest BCUT2D eigenvalue weighted by Crippen LogP contribution is 2.32. The highest BCUT2D eigenvalue weighted by Gasteiger charge is 2.31. The quantitative estimate of drug-likeness (QED) is 0.522. The van der Waals surface area contributed by atoms with Crippen LogP contribution in [0.2, 0.25) is 0 Å². The van der Waals surface area contributed by atoms with Gasteiger partial charge in [-0.2, -0.15) is 4.31 Å². The average molecular weight is 474 g/mol. The van der Waals surface area contributed by atoms with Gasteiger partial charge in [0.25, 0.3) is 0 Å². The van der Waals surface area contributed by atoms with E-state index in [1.165, 1.54) is 35.7 Å². The number of rotatable bonds is 7. The van der Waals surface area contributed by atoms with Gasteiger partial charge in [0, 0.05) is 44.0 Å². The summed E-state index contributed by atoms with van der Waals surface area (Å²) >= 11 is 1.61. The lowest BCUT2D eigenvalue weighted by Crippen LogP contribution is -2.48. The Hall–Kier alpha value is -2.62. The molecule has 1 aromatic heterocycles. The molecule has 0 unspecified atom stereocenters. The molecule has 0 amide bonds. The topological polar surface area (TPSA) is 72.0 Å². The first-order chi connectivity index (χ1) is 15.4. The molecule has 2 aromatic carbocycles. The number of sulfonamides is 1. The van der Waals surface area contributed by atoms with Gasteiger partial charge in [0.2, 0.25) is 10.0 Å². The second-order valence-corrected chi connectivity index (χ2v) is 10.4. The monoisotopic (exact) mass is 473 g/mol. The molecule has 170 valence electrons. The maximum absolute atomic E-state index is 13.2. The van der Waals surface area contributed by atoms with Crippen LogP contribution in [0.25, 0.3) is 0 Å². The number of ether oxygens (including phenoxy) is 2. The van der Waals surface area contributed by atoms with E-state index in [-0.39, 0.29) is 10.6 Å². The Morgan fingerprint density at radius 1 is 1.03 bits per heavy atom. The number of hydrogen-bond acceptors (Lipinski definition) is 7. The van der Waals surface area contributed by atoms with Crippen molar-refractivity contribution in [2.24, 2.45) is 0 Å². The van der Waals surface area contributed by atoms with Crippen LogP contribution in [-0.2, 0) is 16.4 Å². The largest absolute Gasteiger partial charge is 0.497 e. The first-order valence-corrected chi connectivity index (χ1v) is 12.7. The molecule has 0 radical (unpaired) electrons. The second-order valence-electron chi connectivity index (χ2n) is 7.70. The Morgan fingerprint density at radius 2 is 1.81 bits per heavy atom. The molecule has 1 aliphatic rings. The van der Waals surface area contributed by atoms with Gasteiger partial charge >= 0.3 is 0 Å². The van der Waals surface area contributed by atoms with Crippen molar-refractivity contribution in [3.8, 4) is 11.5 Å². The molecule has 1 fully saturated rings. The van der Waals surface area contributed by atoms with E-state index < -0.39 is 10.0 Å². The van der Waals surface area contributed by atoms with E-state index in [1.807, 2.05) is 0 Å². The van der Waals surface area contributed by atoms with Crippen molar-refractivity contribution in [3.05, 3.63) is 64.7 Å². The van der Waals surface area contributed by atoms with Crippen LogP contribution in [0.1, 0.15) is 16.8 Å². The summed E-state index contributed by atoms with van der Waals surface area (Å²) in [7, 11) is -0.670. The first-order valence-electron chi connectivity index (χ1n) is 10.4. The molecule has 7 nitrogen and oxygen atoms in total. The smallest absolute Gasteiger partial charge is 0.246 e. The predicted octanol–water partition coefficient (Wildman–Crippen LogP) is 3.57. The Labute approximate surface area is 193 Å². The van der Waals surface area contributed by atoms with Gasteiger partial charge in [-0.3, -0.25) is 0 Å². The number of hydrogen-bond donors (Lipinski definition) is 0. The number of aromatic nitrogens is 1. The summed E-state index contributed by atoms with van der Waals surface area (Å²) in [4.78, 5) is 7.10. The number of aryl methyl sites for hydroxylation is 1. The number of anilines is 1. The van der Waals surface area contributed by atoms with Crippen LogP contribution in [-0.4, -0.2) is 58.1 Å². The molecule has 1 aliphatic heterocycles. The van der Waals surface area contributed by atoms with Gasteiger partial charge in [-0.25, -0.2) is 13.4 Å². The molecule has 0 atom stereocenters. The van der Waals surface area contributed by atoms with Crippen LogP contribution in [0.4, 0.5) is 5.13 Å². The van der Waals surface area contributed by atoms with E-state index in [1.54, 1.807) is 23.5 Å². The van der Waals surface area contributed by atoms with E-state index in [4.69, 9.17) is 14.5 Å². The minimum absolute atomic E-state index is 0.156. The Morgan fingerprint density at radius 3 is 2.50 bits per heavy atom. The van der Waals surface area contributed by atoms with Gasteiger partial charge < -0.3 is 14.4 Å². The summed E-state index contributed by atoms with van der Waals surface area (Å²) in [5.41, 5.74) is 3.52. The van der Waals surface area contributed by atoms with Gasteiger partial charge in [-0.15, -0.1) is 11.3 Å². The van der Waals surface area contributed by atoms with Gasteiger partial charge in [0.1, 0.15) is 16.4 Å². The fourth-order valence-corrected chi connectivity index (χ4v) is 6.24. The zero-order valence-electron chi connectivity index (χ0n) is 18.4. The molecular formula is C23H27N3O4S2. The van der Waals surface area contributed by atoms with E-state index in [2.05, 4.69) is 41.5 Å². The van der Waals surface area contributed by atoms with Crippen molar-refractivity contribution in [2.45, 2.75) is 18.2 Å². The molecule has 4 rings (SSSR count). The molecule has 32 heavy (non-hydrogen) atoms. The molecule has 0 spiro atoms. The lowest BCUT2D eigenvalue weighted by atomic mass is 10.1. The van der Waals surface area contributed by atoms with Crippen LogP contribution in [0, 0.1) is 6.92 Å². The SMILES string of the molecule is COc1ccc(S(=O)(=O)N2CCN(c3nc(Cc4cccc(C)c4)cs3)CC2)c(OC)c1. The van der Waals surface area contributed by atoms with E-state index >= 15 is 0 Å². The molecule has 0 bridgehead atoms. The summed E-state index contributed by atoms with van der Waals surface area (Å²) in [5.74, 6) is 0.836. The Bertz CT molecular complexity index is 1190. The highest BCUT2D eigenvalue weighted by molar-refractivity contribution is 7.89. The van der Waals surface area contributed by atoms with Gasteiger partial charge in [0.05, 0.1) is 19.9 Å². The first kappa shape index (κ1) is 22.6. The highest BCUT2D eigenvalue weighted by atomic mass is 32.2. The summed E-state index contributed by atoms with van der Waals surface area (Å²) in [6.07, 6.45) is 0.795. The summed E-state index contributed by atoms with van der Waals surface area (Å²) < 4.78 is 38.4. The lowest BCUT2D eigenvalue weighted by Gasteiger charge is -2.34. The van der Waals surface area contributed by atoms with Crippen molar-refractivity contribution in [2.75, 3.05) is 45.3 Å². The van der Waals surface area contributed by atoms with Crippen LogP contribution in [0.3, 0.4) is 0 Å². The zero-order chi connectivity index (χ0) is 22.7. The van der Waals surface area contributed by atoms with Crippen LogP contribution in [0.15, 0.2) is 52.7 Å². The number of piperazine rings is 1. The number of benzene rings is 2. The zero-order valence-corrected chi connectivity index (χ0v) is 20.1. The van der Waals surface area contributed by atoms with Crippen molar-refractivity contribution in [1.29, 1.82) is 0 Å². The third-order valence-electron chi connectivity index (χ3n) is 5.51. The minimum atomic E-state index is -3.67. The van der Waals surface area contributed by atoms with Crippen molar-refractivity contribution in [3.63, 3.8) is 0 Å². The molecule has 2 heterocycles. The third-order valence-corrected chi connectivity index (χ3v) is 8.39. The lowest BCUT2D eigenvalue weighted by molar-refractivity contribution is 0.370. The minimum Gasteiger partial charge on any atom is -0.497 e. The van der Waals surface area contributed by atoms with Gasteiger partial charge in [-0.1, -0.05) is 29.8 Å². The van der Waals surface area contributed by atoms with Gasteiger partial charge in [0.15, 0.2) is 5.13 Å². The molecule has 3 aromatic rings. The summed E-state index contributed by atoms with van der Waals surface area (Å²) in [5, 5.41) is 3.02. The summed E-state index contributed by atoms with van der Waals surface area (Å²) in [6.45, 7) is 4.06. The third kappa shape index (κ3) is 4.74. The molecule has 1 saturated heterocycles. The van der Waals surface area contributed by atoms with Crippen molar-refractivity contribution < 1.29 is 17.9 Å². The van der Waals surface area contributed by atoms with E-state index in [0.717, 1.165) is 17.2 Å². The summed E-state index contributed by atoms with van der Waals surface area (Å²) in [6, 6.07) is 13.2. The molecule has 0 saturated carbocycles. The Balaban J connectivity index is 1.43. The average Bonchev–Trinajstić information content (AvgIpc) is 3.27. The fourth-order valence-electron chi connectivity index (χ4n) is 3.80. The van der Waals surface area contributed by atoms with Crippen molar-refractivity contribution >= 4 is 26.5 Å². The maximum atomic E-state index is 13.2. The van der Waals surface area contributed by atoms with E-state index in [0.29, 0.717) is 31.9 Å². The number of thiazole rings is 1. The van der Waals surface area contributed by atoms with Crippen LogP contribution >= 0.6 is 11.3 Å². The molecule has 0 aliphatic carbocycles. The van der Waals surface area contributed by atoms with Crippen molar-refractivity contribution in [1.82, 2.24) is 9.29 Å². The molecule has 9 heteroatoms. The predicted molar refractivity (Wildman–Crippen MR) is 127 cm³/mol. The molecular weight excluding hydrogens is 446 g/mol. The Kier molecular flexibility index (Phi) is 6.68. The number of nitrogens with zero attached hydrogens (tertiary/aromatic N) is 3. The second kappa shape index (κ2) is 9.48. The van der Waals surface area contributed by atoms with Gasteiger partial charge in [-0.05, 0) is 24.6 Å². The standard InChI is InChI=1S/C23H27N3O4S2/c1-17-5-4-6-18(13-17)14-19-16-31-23(24-19)25-9-11-26(12-10-25)32(27,28)22-8-7-20(29-2)15-21(22)30-3/h4-8,13,15-16H,9-12,14H2,1-3H3. The van der Waals surface area contributed by atoms with Crippen LogP contribution in [0.5, 0.6) is 11.5 Å². The molecule has 0 N–H and O–H groups in total. The normalized spacial score (nSPS) is 15.0. The van der Waals surface area contributed by atoms with E-state index in [9.17, 15) is 8.42 Å². The van der Waals surface area contributed by atoms with Crippen LogP contribution < -0.4 is 14.4 Å². The number of methoxy groups -OCH3 is 2. The fraction of sp³-hybridized carbons (Fsp3) is 0.348. The maximum Gasteiger partial charge on any atom is 0.246 e.